The van der Waals surface area contributed by atoms with E-state index in [0.717, 1.165) is 0 Å². The van der Waals surface area contributed by atoms with Gasteiger partial charge in [-0.1, -0.05) is 12.1 Å². The fourth-order valence-electron chi connectivity index (χ4n) is 1.88. The molecule has 0 fully saturated rings. The standard InChI is InChI=1S/C15H11F5N2O2/c1-24-6-7-3-2-4-8(5-7)15(23)22-21-14-12(19)10(17)9(16)11(18)13(14)20/h2-5,21H,6H2,1H3,(H,22,23). The van der Waals surface area contributed by atoms with E-state index in [9.17, 15) is 26.7 Å². The van der Waals surface area contributed by atoms with Gasteiger partial charge >= 0.3 is 0 Å². The van der Waals surface area contributed by atoms with Crippen molar-refractivity contribution in [1.29, 1.82) is 0 Å². The topological polar surface area (TPSA) is 50.4 Å². The van der Waals surface area contributed by atoms with Crippen LogP contribution in [0.1, 0.15) is 15.9 Å². The molecule has 2 aromatic carbocycles. The first-order chi connectivity index (χ1) is 11.4. The summed E-state index contributed by atoms with van der Waals surface area (Å²) in [5.74, 6) is -11.5. The first-order valence-corrected chi connectivity index (χ1v) is 6.52. The minimum atomic E-state index is -2.28. The maximum atomic E-state index is 13.5. The molecule has 0 unspecified atom stereocenters. The molecule has 0 radical (unpaired) electrons. The Morgan fingerprint density at radius 3 is 2.17 bits per heavy atom. The molecule has 1 amide bonds. The highest BCUT2D eigenvalue weighted by Crippen LogP contribution is 2.26. The lowest BCUT2D eigenvalue weighted by Crippen LogP contribution is -2.31. The number of hydrogen-bond donors (Lipinski definition) is 2. The normalized spacial score (nSPS) is 10.6. The van der Waals surface area contributed by atoms with Gasteiger partial charge in [0.15, 0.2) is 23.3 Å². The number of rotatable bonds is 5. The van der Waals surface area contributed by atoms with Gasteiger partial charge in [-0.05, 0) is 17.7 Å². The molecule has 0 aliphatic rings. The van der Waals surface area contributed by atoms with Crippen LogP contribution in [0.25, 0.3) is 0 Å². The molecule has 0 aromatic heterocycles. The number of carbonyl (C=O) groups is 1. The number of halogens is 5. The molecule has 9 heteroatoms. The number of carbonyl (C=O) groups excluding carboxylic acids is 1. The fourth-order valence-corrected chi connectivity index (χ4v) is 1.88. The van der Waals surface area contributed by atoms with E-state index in [1.807, 2.05) is 5.43 Å². The second-order valence-electron chi connectivity index (χ2n) is 4.66. The van der Waals surface area contributed by atoms with Crippen LogP contribution in [-0.4, -0.2) is 13.0 Å². The van der Waals surface area contributed by atoms with Gasteiger partial charge < -0.3 is 4.74 Å². The molecule has 0 aliphatic carbocycles. The summed E-state index contributed by atoms with van der Waals surface area (Å²) in [5.41, 5.74) is 2.99. The van der Waals surface area contributed by atoms with E-state index in [-0.39, 0.29) is 12.2 Å². The lowest BCUT2D eigenvalue weighted by Gasteiger charge is -2.12. The van der Waals surface area contributed by atoms with E-state index in [4.69, 9.17) is 4.74 Å². The predicted octanol–water partition coefficient (Wildman–Crippen LogP) is 3.29. The summed E-state index contributed by atoms with van der Waals surface area (Å²) in [5, 5.41) is 0. The Hall–Kier alpha value is -2.68. The van der Waals surface area contributed by atoms with Gasteiger partial charge in [0.05, 0.1) is 6.61 Å². The highest BCUT2D eigenvalue weighted by atomic mass is 19.2. The van der Waals surface area contributed by atoms with Gasteiger partial charge in [-0.25, -0.2) is 22.0 Å². The number of anilines is 1. The Kier molecular flexibility index (Phi) is 5.35. The number of benzene rings is 2. The molecule has 0 saturated carbocycles. The fraction of sp³-hybridized carbons (Fsp3) is 0.133. The monoisotopic (exact) mass is 346 g/mol. The number of methoxy groups -OCH3 is 1. The molecule has 2 aromatic rings. The molecule has 0 atom stereocenters. The number of amides is 1. The van der Waals surface area contributed by atoms with Crippen molar-refractivity contribution in [3.63, 3.8) is 0 Å². The zero-order chi connectivity index (χ0) is 17.9. The highest BCUT2D eigenvalue weighted by Gasteiger charge is 2.26. The van der Waals surface area contributed by atoms with Crippen LogP contribution in [0.2, 0.25) is 0 Å². The smallest absolute Gasteiger partial charge is 0.269 e. The van der Waals surface area contributed by atoms with Crippen molar-refractivity contribution in [2.45, 2.75) is 6.61 Å². The first-order valence-electron chi connectivity index (χ1n) is 6.52. The summed E-state index contributed by atoms with van der Waals surface area (Å²) in [7, 11) is 1.46. The van der Waals surface area contributed by atoms with Crippen molar-refractivity contribution >= 4 is 11.6 Å². The van der Waals surface area contributed by atoms with Crippen LogP contribution in [0, 0.1) is 29.1 Å². The zero-order valence-corrected chi connectivity index (χ0v) is 12.2. The van der Waals surface area contributed by atoms with Gasteiger partial charge in [0, 0.05) is 12.7 Å². The maximum absolute atomic E-state index is 13.5. The van der Waals surface area contributed by atoms with Gasteiger partial charge in [-0.3, -0.25) is 15.6 Å². The summed E-state index contributed by atoms with van der Waals surface area (Å²) in [4.78, 5) is 11.9. The average molecular weight is 346 g/mol. The minimum Gasteiger partial charge on any atom is -0.380 e. The van der Waals surface area contributed by atoms with E-state index in [1.54, 1.807) is 17.6 Å². The van der Waals surface area contributed by atoms with E-state index < -0.39 is 40.7 Å². The lowest BCUT2D eigenvalue weighted by molar-refractivity contribution is 0.0962. The summed E-state index contributed by atoms with van der Waals surface area (Å²) in [6.45, 7) is 0.228. The molecule has 2 N–H and O–H groups in total. The van der Waals surface area contributed by atoms with Crippen LogP contribution in [0.5, 0.6) is 0 Å². The van der Waals surface area contributed by atoms with Crippen LogP contribution in [0.4, 0.5) is 27.6 Å². The third-order valence-corrected chi connectivity index (χ3v) is 3.01. The van der Waals surface area contributed by atoms with Crippen molar-refractivity contribution in [3.05, 3.63) is 64.5 Å². The molecule has 0 spiro atoms. The maximum Gasteiger partial charge on any atom is 0.269 e. The van der Waals surface area contributed by atoms with Crippen molar-refractivity contribution in [2.75, 3.05) is 12.5 Å². The molecular formula is C15H11F5N2O2. The second-order valence-corrected chi connectivity index (χ2v) is 4.66. The van der Waals surface area contributed by atoms with Gasteiger partial charge in [-0.15, -0.1) is 0 Å². The molecule has 0 bridgehead atoms. The second kappa shape index (κ2) is 7.26. The Bertz CT molecular complexity index is 754. The molecule has 4 nitrogen and oxygen atoms in total. The zero-order valence-electron chi connectivity index (χ0n) is 12.2. The third-order valence-electron chi connectivity index (χ3n) is 3.01. The van der Waals surface area contributed by atoms with E-state index in [2.05, 4.69) is 0 Å². The molecule has 0 heterocycles. The highest BCUT2D eigenvalue weighted by molar-refractivity contribution is 5.95. The SMILES string of the molecule is COCc1cccc(C(=O)NNc2c(F)c(F)c(F)c(F)c2F)c1. The van der Waals surface area contributed by atoms with Crippen molar-refractivity contribution in [3.8, 4) is 0 Å². The molecule has 2 rings (SSSR count). The number of hydrogen-bond acceptors (Lipinski definition) is 3. The number of nitrogens with one attached hydrogen (secondary N) is 2. The van der Waals surface area contributed by atoms with Gasteiger partial charge in [0.1, 0.15) is 5.69 Å². The van der Waals surface area contributed by atoms with Gasteiger partial charge in [-0.2, -0.15) is 0 Å². The van der Waals surface area contributed by atoms with E-state index in [1.165, 1.54) is 19.2 Å². The Balaban J connectivity index is 2.19. The van der Waals surface area contributed by atoms with Gasteiger partial charge in [0.25, 0.3) is 5.91 Å². The lowest BCUT2D eigenvalue weighted by atomic mass is 10.1. The summed E-state index contributed by atoms with van der Waals surface area (Å²) < 4.78 is 70.9. The van der Waals surface area contributed by atoms with Crippen LogP contribution in [0.15, 0.2) is 24.3 Å². The summed E-state index contributed by atoms with van der Waals surface area (Å²) in [6.07, 6.45) is 0. The molecule has 24 heavy (non-hydrogen) atoms. The van der Waals surface area contributed by atoms with Crippen molar-refractivity contribution < 1.29 is 31.5 Å². The minimum absolute atomic E-state index is 0.0981. The van der Waals surface area contributed by atoms with E-state index >= 15 is 0 Å². The number of hydrazine groups is 1. The van der Waals surface area contributed by atoms with Crippen LogP contribution < -0.4 is 10.9 Å². The molecular weight excluding hydrogens is 335 g/mol. The van der Waals surface area contributed by atoms with Crippen molar-refractivity contribution in [2.24, 2.45) is 0 Å². The Labute approximate surface area is 133 Å². The Morgan fingerprint density at radius 1 is 1.00 bits per heavy atom. The number of ether oxygens (including phenoxy) is 1. The quantitative estimate of drug-likeness (QED) is 0.378. The molecule has 0 saturated heterocycles. The Morgan fingerprint density at radius 2 is 1.58 bits per heavy atom. The summed E-state index contributed by atoms with van der Waals surface area (Å²) >= 11 is 0. The first kappa shape index (κ1) is 17.7. The van der Waals surface area contributed by atoms with Crippen LogP contribution >= 0.6 is 0 Å². The molecule has 128 valence electrons. The van der Waals surface area contributed by atoms with Gasteiger partial charge in [0.2, 0.25) is 5.82 Å². The predicted molar refractivity (Wildman–Crippen MR) is 74.5 cm³/mol. The van der Waals surface area contributed by atoms with Crippen molar-refractivity contribution in [1.82, 2.24) is 5.43 Å². The van der Waals surface area contributed by atoms with E-state index in [0.29, 0.717) is 5.56 Å². The summed E-state index contributed by atoms with van der Waals surface area (Å²) in [6, 6.07) is 6.06. The molecule has 0 aliphatic heterocycles. The average Bonchev–Trinajstić information content (AvgIpc) is 2.58. The van der Waals surface area contributed by atoms with Crippen LogP contribution in [0.3, 0.4) is 0 Å². The largest absolute Gasteiger partial charge is 0.380 e. The third kappa shape index (κ3) is 3.46. The van der Waals surface area contributed by atoms with Crippen LogP contribution in [-0.2, 0) is 11.3 Å².